The number of alkyl halides is 6. The molecule has 8 nitrogen and oxygen atoms in total. The molecule has 1 aliphatic rings. The summed E-state index contributed by atoms with van der Waals surface area (Å²) in [5.74, 6) is -0.121. The van der Waals surface area contributed by atoms with Crippen molar-refractivity contribution in [2.45, 2.75) is 64.7 Å². The Bertz CT molecular complexity index is 1200. The molecule has 0 radical (unpaired) electrons. The predicted molar refractivity (Wildman–Crippen MR) is 133 cm³/mol. The number of hydrogen-bond donors (Lipinski definition) is 0. The summed E-state index contributed by atoms with van der Waals surface area (Å²) in [5.41, 5.74) is -2.73. The van der Waals surface area contributed by atoms with Crippen LogP contribution in [-0.4, -0.2) is 48.7 Å². The standard InChI is InChI=1S/C26H30F6N4O4/c1-15(2)39-24(38)40-36-10-6-7-20(23-21(36)8-9-22(33-23)34(4)5)35(16(3)37)14-17-11-18(25(27,28)29)13-19(12-17)26(30,31)32/h8-9,11-13,15,20H,6-7,10,14H2,1-5H3. The van der Waals surface area contributed by atoms with E-state index < -0.39 is 54.2 Å². The Kier molecular flexibility index (Phi) is 9.10. The summed E-state index contributed by atoms with van der Waals surface area (Å²) < 4.78 is 85.8. The van der Waals surface area contributed by atoms with Crippen molar-refractivity contribution in [2.75, 3.05) is 30.6 Å². The molecule has 1 amide bonds. The lowest BCUT2D eigenvalue weighted by molar-refractivity contribution is -0.143. The number of halogens is 6. The highest BCUT2D eigenvalue weighted by atomic mass is 19.4. The van der Waals surface area contributed by atoms with Crippen molar-refractivity contribution in [3.63, 3.8) is 0 Å². The van der Waals surface area contributed by atoms with Crippen LogP contribution >= 0.6 is 0 Å². The quantitative estimate of drug-likeness (QED) is 0.293. The molecule has 1 aromatic heterocycles. The number of carbonyl (C=O) groups excluding carboxylic acids is 2. The van der Waals surface area contributed by atoms with Gasteiger partial charge in [0.1, 0.15) is 5.82 Å². The molecule has 0 fully saturated rings. The molecular weight excluding hydrogens is 546 g/mol. The average Bonchev–Trinajstić information content (AvgIpc) is 2.99. The minimum atomic E-state index is -5.03. The van der Waals surface area contributed by atoms with Crippen molar-refractivity contribution in [1.82, 2.24) is 9.88 Å². The first-order chi connectivity index (χ1) is 18.5. The molecule has 14 heteroatoms. The number of anilines is 2. The number of hydroxylamine groups is 1. The topological polar surface area (TPSA) is 75.2 Å². The van der Waals surface area contributed by atoms with Crippen LogP contribution in [-0.2, 0) is 33.3 Å². The number of aromatic nitrogens is 1. The van der Waals surface area contributed by atoms with E-state index in [1.807, 2.05) is 0 Å². The summed E-state index contributed by atoms with van der Waals surface area (Å²) in [4.78, 5) is 38.0. The van der Waals surface area contributed by atoms with Crippen LogP contribution in [0.3, 0.4) is 0 Å². The van der Waals surface area contributed by atoms with E-state index in [2.05, 4.69) is 4.98 Å². The molecular formula is C26H30F6N4O4. The van der Waals surface area contributed by atoms with Crippen molar-refractivity contribution >= 4 is 23.6 Å². The highest BCUT2D eigenvalue weighted by Crippen LogP contribution is 2.40. The minimum absolute atomic E-state index is 0.0406. The van der Waals surface area contributed by atoms with Crippen LogP contribution in [0.4, 0.5) is 42.6 Å². The molecule has 1 unspecified atom stereocenters. The van der Waals surface area contributed by atoms with Crippen LogP contribution in [0.15, 0.2) is 30.3 Å². The lowest BCUT2D eigenvalue weighted by atomic mass is 10.0. The first kappa shape index (κ1) is 30.8. The molecule has 0 saturated heterocycles. The first-order valence-corrected chi connectivity index (χ1v) is 12.4. The van der Waals surface area contributed by atoms with Gasteiger partial charge in [-0.15, -0.1) is 0 Å². The Morgan fingerprint density at radius 1 is 1.05 bits per heavy atom. The molecule has 0 bridgehead atoms. The highest BCUT2D eigenvalue weighted by Gasteiger charge is 2.38. The lowest BCUT2D eigenvalue weighted by Crippen LogP contribution is -2.34. The second-order valence-electron chi connectivity index (χ2n) is 9.80. The maximum absolute atomic E-state index is 13.5. The van der Waals surface area contributed by atoms with Crippen molar-refractivity contribution < 1.29 is 45.5 Å². The van der Waals surface area contributed by atoms with E-state index in [1.165, 1.54) is 16.9 Å². The van der Waals surface area contributed by atoms with E-state index in [9.17, 15) is 35.9 Å². The summed E-state index contributed by atoms with van der Waals surface area (Å²) in [6.07, 6.45) is -10.9. The van der Waals surface area contributed by atoms with Gasteiger partial charge >= 0.3 is 18.5 Å². The van der Waals surface area contributed by atoms with Crippen LogP contribution in [0, 0.1) is 0 Å². The Morgan fingerprint density at radius 3 is 2.15 bits per heavy atom. The highest BCUT2D eigenvalue weighted by molar-refractivity contribution is 5.74. The molecule has 1 atom stereocenters. The van der Waals surface area contributed by atoms with Crippen molar-refractivity contribution in [2.24, 2.45) is 0 Å². The zero-order valence-corrected chi connectivity index (χ0v) is 22.6. The molecule has 220 valence electrons. The summed E-state index contributed by atoms with van der Waals surface area (Å²) in [6, 6.07) is 3.65. The Labute approximate surface area is 227 Å². The van der Waals surface area contributed by atoms with Gasteiger partial charge < -0.3 is 19.4 Å². The van der Waals surface area contributed by atoms with Gasteiger partial charge in [-0.25, -0.2) is 14.8 Å². The molecule has 2 heterocycles. The smallest absolute Gasteiger partial charge is 0.430 e. The summed E-state index contributed by atoms with van der Waals surface area (Å²) >= 11 is 0. The predicted octanol–water partition coefficient (Wildman–Crippen LogP) is 6.35. The van der Waals surface area contributed by atoms with Gasteiger partial charge in [0.05, 0.1) is 41.2 Å². The van der Waals surface area contributed by atoms with Gasteiger partial charge in [-0.05, 0) is 62.6 Å². The fourth-order valence-electron chi connectivity index (χ4n) is 4.30. The second kappa shape index (κ2) is 11.8. The number of fused-ring (bicyclic) bond motifs is 1. The second-order valence-corrected chi connectivity index (χ2v) is 9.80. The number of hydrogen-bond acceptors (Lipinski definition) is 7. The lowest BCUT2D eigenvalue weighted by Gasteiger charge is -2.32. The van der Waals surface area contributed by atoms with Crippen molar-refractivity contribution in [3.05, 3.63) is 52.7 Å². The third-order valence-electron chi connectivity index (χ3n) is 6.07. The molecule has 2 aromatic rings. The molecule has 3 rings (SSSR count). The van der Waals surface area contributed by atoms with E-state index in [0.29, 0.717) is 30.1 Å². The monoisotopic (exact) mass is 576 g/mol. The largest absolute Gasteiger partial charge is 0.533 e. The van der Waals surface area contributed by atoms with Crippen LogP contribution < -0.4 is 9.96 Å². The normalized spacial score (nSPS) is 15.8. The van der Waals surface area contributed by atoms with Gasteiger partial charge in [-0.3, -0.25) is 4.79 Å². The fourth-order valence-corrected chi connectivity index (χ4v) is 4.30. The van der Waals surface area contributed by atoms with Gasteiger partial charge in [0.2, 0.25) is 5.91 Å². The molecule has 0 aliphatic carbocycles. The molecule has 1 aliphatic heterocycles. The third kappa shape index (κ3) is 7.48. The van der Waals surface area contributed by atoms with Crippen molar-refractivity contribution in [1.29, 1.82) is 0 Å². The number of pyridine rings is 1. The Morgan fingerprint density at radius 2 is 1.65 bits per heavy atom. The summed E-state index contributed by atoms with van der Waals surface area (Å²) in [7, 11) is 3.44. The van der Waals surface area contributed by atoms with E-state index in [0.717, 1.165) is 0 Å². The SMILES string of the molecule is CC(=O)N(Cc1cc(C(F)(F)F)cc(C(F)(F)F)c1)C1CCCN(OC(=O)OC(C)C)c2ccc(N(C)C)nc21. The van der Waals surface area contributed by atoms with E-state index in [1.54, 1.807) is 45.0 Å². The molecule has 0 saturated carbocycles. The van der Waals surface area contributed by atoms with Crippen LogP contribution in [0.1, 0.15) is 62.0 Å². The van der Waals surface area contributed by atoms with Crippen molar-refractivity contribution in [3.8, 4) is 0 Å². The van der Waals surface area contributed by atoms with Gasteiger partial charge in [0.15, 0.2) is 0 Å². The van der Waals surface area contributed by atoms with Crippen LogP contribution in [0.2, 0.25) is 0 Å². The molecule has 1 aromatic carbocycles. The molecule has 0 N–H and O–H groups in total. The van der Waals surface area contributed by atoms with E-state index >= 15 is 0 Å². The Hall–Kier alpha value is -3.71. The van der Waals surface area contributed by atoms with E-state index in [4.69, 9.17) is 9.57 Å². The number of nitrogens with zero attached hydrogens (tertiary/aromatic N) is 4. The maximum Gasteiger partial charge on any atom is 0.533 e. The summed E-state index contributed by atoms with van der Waals surface area (Å²) in [6.45, 7) is 4.08. The van der Waals surface area contributed by atoms with Gasteiger partial charge in [-0.2, -0.15) is 26.3 Å². The number of carbonyl (C=O) groups is 2. The van der Waals surface area contributed by atoms with Crippen LogP contribution in [0.25, 0.3) is 0 Å². The van der Waals surface area contributed by atoms with Gasteiger partial charge in [-0.1, -0.05) is 0 Å². The molecule has 0 spiro atoms. The summed E-state index contributed by atoms with van der Waals surface area (Å²) in [5, 5.41) is 1.26. The van der Waals surface area contributed by atoms with Crippen LogP contribution in [0.5, 0.6) is 0 Å². The maximum atomic E-state index is 13.5. The van der Waals surface area contributed by atoms with Gasteiger partial charge in [0, 0.05) is 27.6 Å². The third-order valence-corrected chi connectivity index (χ3v) is 6.07. The zero-order valence-electron chi connectivity index (χ0n) is 22.6. The van der Waals surface area contributed by atoms with Gasteiger partial charge in [0.25, 0.3) is 0 Å². The first-order valence-electron chi connectivity index (χ1n) is 12.4. The van der Waals surface area contributed by atoms with E-state index in [-0.39, 0.29) is 30.3 Å². The number of benzene rings is 1. The average molecular weight is 577 g/mol. The fraction of sp³-hybridized carbons (Fsp3) is 0.500. The molecule has 40 heavy (non-hydrogen) atoms. The number of amides is 1. The zero-order chi connectivity index (χ0) is 30.0. The number of ether oxygens (including phenoxy) is 1. The Balaban J connectivity index is 2.09. The number of rotatable bonds is 6. The minimum Gasteiger partial charge on any atom is -0.430 e.